The van der Waals surface area contributed by atoms with E-state index in [2.05, 4.69) is 27.5 Å². The van der Waals surface area contributed by atoms with Gasteiger partial charge in [-0.25, -0.2) is 14.4 Å². The van der Waals surface area contributed by atoms with Gasteiger partial charge in [-0.2, -0.15) is 0 Å². The molecule has 0 aliphatic carbocycles. The first-order valence-corrected chi connectivity index (χ1v) is 25.1. The normalized spacial score (nSPS) is 20.7. The third-order valence-corrected chi connectivity index (χ3v) is 14.5. The molecule has 2 fully saturated rings. The first kappa shape index (κ1) is 50.6. The number of benzene rings is 7. The largest absolute Gasteiger partial charge is 0.491 e. The fourth-order valence-corrected chi connectivity index (χ4v) is 11.2. The molecule has 8 aromatic rings. The molecular formula is C60H49N7O11. The molecule has 7 atom stereocenters. The first-order chi connectivity index (χ1) is 38.1. The second kappa shape index (κ2) is 21.6. The number of morpholine rings is 1. The fraction of sp³-hybridized carbons (Fsp3) is 0.200. The molecule has 0 saturated carbocycles. The highest BCUT2D eigenvalue weighted by atomic mass is 16.6. The number of amides is 3. The molecule has 1 aromatic heterocycles. The van der Waals surface area contributed by atoms with Crippen LogP contribution < -0.4 is 15.0 Å². The lowest BCUT2D eigenvalue weighted by molar-refractivity contribution is -0.384. The highest BCUT2D eigenvalue weighted by molar-refractivity contribution is 6.23. The molecule has 3 aliphatic heterocycles. The number of carbonyl (C=O) groups is 4. The minimum absolute atomic E-state index is 0.0328. The first-order valence-electron chi connectivity index (χ1n) is 25.1. The number of fused-ring (bicyclic) bond motifs is 4. The van der Waals surface area contributed by atoms with E-state index < -0.39 is 77.1 Å². The number of imide groups is 1. The molecule has 390 valence electrons. The van der Waals surface area contributed by atoms with Gasteiger partial charge < -0.3 is 29.7 Å². The molecule has 18 nitrogen and oxygen atoms in total. The number of hydrogen-bond donors (Lipinski definition) is 3. The Balaban J connectivity index is 1.14. The van der Waals surface area contributed by atoms with Crippen molar-refractivity contribution in [1.82, 2.24) is 25.2 Å². The number of ether oxygens (including phenoxy) is 3. The van der Waals surface area contributed by atoms with Crippen LogP contribution in [0, 0.1) is 27.9 Å². The fourth-order valence-electron chi connectivity index (χ4n) is 11.2. The Bertz CT molecular complexity index is 3630. The average Bonchev–Trinajstić information content (AvgIpc) is 2.88. The summed E-state index contributed by atoms with van der Waals surface area (Å²) in [6, 6.07) is 47.8. The van der Waals surface area contributed by atoms with Gasteiger partial charge in [0.2, 0.25) is 11.8 Å². The number of aromatic nitrogens is 3. The van der Waals surface area contributed by atoms with Crippen LogP contribution in [0.3, 0.4) is 0 Å². The van der Waals surface area contributed by atoms with Crippen molar-refractivity contribution in [3.8, 4) is 17.6 Å². The van der Waals surface area contributed by atoms with Crippen LogP contribution in [-0.4, -0.2) is 84.7 Å². The molecule has 0 bridgehead atoms. The number of esters is 1. The quantitative estimate of drug-likeness (QED) is 0.0412. The van der Waals surface area contributed by atoms with Crippen molar-refractivity contribution in [2.45, 2.75) is 48.9 Å². The van der Waals surface area contributed by atoms with Gasteiger partial charge in [-0.15, -0.1) is 5.10 Å². The molecule has 1 spiro atoms. The molecule has 2 saturated heterocycles. The number of anilines is 1. The number of cyclic esters (lactones) is 1. The van der Waals surface area contributed by atoms with Gasteiger partial charge in [-0.1, -0.05) is 132 Å². The number of nitrogens with zero attached hydrogens (tertiary/aromatic N) is 6. The number of rotatable bonds is 14. The number of nitro groups is 1. The second-order valence-electron chi connectivity index (χ2n) is 19.0. The topological polar surface area (TPSA) is 229 Å². The summed E-state index contributed by atoms with van der Waals surface area (Å²) in [6.45, 7) is -1.04. The van der Waals surface area contributed by atoms with E-state index in [0.717, 1.165) is 10.4 Å². The number of para-hydroxylation sites is 1. The van der Waals surface area contributed by atoms with Crippen molar-refractivity contribution in [2.24, 2.45) is 5.92 Å². The van der Waals surface area contributed by atoms with Crippen molar-refractivity contribution < 1.29 is 48.5 Å². The summed E-state index contributed by atoms with van der Waals surface area (Å²) in [5.41, 5.74) is 2.14. The maximum absolute atomic E-state index is 16.7. The summed E-state index contributed by atoms with van der Waals surface area (Å²) in [5, 5.41) is 44.4. The Labute approximate surface area is 446 Å². The third kappa shape index (κ3) is 9.25. The lowest BCUT2D eigenvalue weighted by Gasteiger charge is -2.46. The van der Waals surface area contributed by atoms with E-state index in [1.165, 1.54) is 24.3 Å². The Morgan fingerprint density at radius 1 is 0.808 bits per heavy atom. The van der Waals surface area contributed by atoms with Crippen LogP contribution in [0.15, 0.2) is 182 Å². The molecule has 3 aliphatic rings. The zero-order valence-electron chi connectivity index (χ0n) is 41.6. The van der Waals surface area contributed by atoms with E-state index in [1.807, 2.05) is 89.8 Å². The minimum atomic E-state index is -2.23. The summed E-state index contributed by atoms with van der Waals surface area (Å²) >= 11 is 0. The standard InChI is InChI=1S/C60H49N7O11/c68-32-33-76-45-22-12-21-43(35-45)55-60(51(56(70)61-36-50(69)40-15-4-1-5-16-40)53-57(71)78-54(42-19-8-3-9-20-42)52(66(53)55)41-17-6-2-7-18-41)46-34-38(14-13-31-64-49-24-11-10-23-47(49)62-63-64)27-30-48(46)65(58(60)72)59(73)77-37-39-25-28-44(29-26-39)67(74)75/h1-12,15-30,34-35,50-55,68-69H,31-33,36-37H2,(H,61,70). The number of hydrogen-bond acceptors (Lipinski definition) is 14. The Kier molecular flexibility index (Phi) is 14.0. The van der Waals surface area contributed by atoms with Gasteiger partial charge in [0.1, 0.15) is 48.6 Å². The number of non-ortho nitro benzene ring substituents is 1. The van der Waals surface area contributed by atoms with E-state index in [1.54, 1.807) is 77.5 Å². The van der Waals surface area contributed by atoms with Gasteiger partial charge in [0.15, 0.2) is 0 Å². The van der Waals surface area contributed by atoms with Crippen molar-refractivity contribution >= 4 is 46.3 Å². The van der Waals surface area contributed by atoms with Crippen LogP contribution in [0.1, 0.15) is 63.2 Å². The van der Waals surface area contributed by atoms with E-state index in [-0.39, 0.29) is 43.2 Å². The number of nitrogens with one attached hydrogen (secondary N) is 1. The van der Waals surface area contributed by atoms with Crippen molar-refractivity contribution in [1.29, 1.82) is 0 Å². The van der Waals surface area contributed by atoms with E-state index in [9.17, 15) is 20.3 Å². The summed E-state index contributed by atoms with van der Waals surface area (Å²) in [7, 11) is 0. The van der Waals surface area contributed by atoms with Gasteiger partial charge in [0, 0.05) is 24.2 Å². The number of aliphatic hydroxyl groups is 2. The zero-order valence-corrected chi connectivity index (χ0v) is 41.6. The molecule has 3 N–H and O–H groups in total. The Morgan fingerprint density at radius 3 is 2.23 bits per heavy atom. The molecule has 18 heteroatoms. The number of aliphatic hydroxyl groups excluding tert-OH is 2. The SMILES string of the molecule is O=C1OC(c2ccccc2)C(c2ccccc2)N2C1C(C(=O)NCC(O)c1ccccc1)C1(C(=O)N(C(=O)OCc3ccc([N+](=O)[O-])cc3)c3ccc(C#CCn4nnc5ccccc54)cc31)C2c1cccc(OCCO)c1. The lowest BCUT2D eigenvalue weighted by Crippen LogP contribution is -2.56. The van der Waals surface area contributed by atoms with Gasteiger partial charge in [0.05, 0.1) is 46.8 Å². The van der Waals surface area contributed by atoms with Crippen LogP contribution >= 0.6 is 0 Å². The summed E-state index contributed by atoms with van der Waals surface area (Å²) < 4.78 is 20.2. The molecular weight excluding hydrogens is 995 g/mol. The predicted octanol–water partition coefficient (Wildman–Crippen LogP) is 7.61. The van der Waals surface area contributed by atoms with Crippen LogP contribution in [0.2, 0.25) is 0 Å². The van der Waals surface area contributed by atoms with E-state index >= 15 is 19.2 Å². The number of nitro benzene ring substituents is 1. The summed E-state index contributed by atoms with van der Waals surface area (Å²) in [5.74, 6) is 2.39. The molecule has 11 rings (SSSR count). The molecule has 4 heterocycles. The summed E-state index contributed by atoms with van der Waals surface area (Å²) in [4.78, 5) is 76.9. The monoisotopic (exact) mass is 1040 g/mol. The Morgan fingerprint density at radius 2 is 1.50 bits per heavy atom. The maximum atomic E-state index is 16.7. The van der Waals surface area contributed by atoms with Gasteiger partial charge in [-0.3, -0.25) is 29.4 Å². The second-order valence-corrected chi connectivity index (χ2v) is 19.0. The highest BCUT2D eigenvalue weighted by Gasteiger charge is 2.76. The van der Waals surface area contributed by atoms with Gasteiger partial charge in [0.25, 0.3) is 5.69 Å². The van der Waals surface area contributed by atoms with Crippen LogP contribution in [-0.2, 0) is 42.4 Å². The number of carbonyl (C=O) groups excluding carboxylic acids is 4. The van der Waals surface area contributed by atoms with Crippen LogP contribution in [0.5, 0.6) is 5.75 Å². The van der Waals surface area contributed by atoms with E-state index in [4.69, 9.17) is 14.2 Å². The van der Waals surface area contributed by atoms with Crippen LogP contribution in [0.4, 0.5) is 16.2 Å². The van der Waals surface area contributed by atoms with E-state index in [0.29, 0.717) is 44.6 Å². The Hall–Kier alpha value is -9.54. The minimum Gasteiger partial charge on any atom is -0.491 e. The van der Waals surface area contributed by atoms with Crippen molar-refractivity contribution in [2.75, 3.05) is 24.7 Å². The van der Waals surface area contributed by atoms with Crippen LogP contribution in [0.25, 0.3) is 11.0 Å². The average molecular weight is 1040 g/mol. The molecule has 7 unspecified atom stereocenters. The third-order valence-electron chi connectivity index (χ3n) is 14.5. The molecule has 3 amide bonds. The summed E-state index contributed by atoms with van der Waals surface area (Å²) in [6.07, 6.45) is -3.38. The zero-order chi connectivity index (χ0) is 53.9. The maximum Gasteiger partial charge on any atom is 0.421 e. The molecule has 78 heavy (non-hydrogen) atoms. The lowest BCUT2D eigenvalue weighted by atomic mass is 9.65. The highest BCUT2D eigenvalue weighted by Crippen LogP contribution is 2.66. The predicted molar refractivity (Wildman–Crippen MR) is 283 cm³/mol. The van der Waals surface area contributed by atoms with Gasteiger partial charge >= 0.3 is 12.1 Å². The molecule has 7 aromatic carbocycles. The smallest absolute Gasteiger partial charge is 0.421 e. The molecule has 0 radical (unpaired) electrons. The van der Waals surface area contributed by atoms with Crippen molar-refractivity contribution in [3.63, 3.8) is 0 Å². The van der Waals surface area contributed by atoms with Crippen molar-refractivity contribution in [3.05, 3.63) is 231 Å². The van der Waals surface area contributed by atoms with Gasteiger partial charge in [-0.05, 0) is 88.0 Å².